The van der Waals surface area contributed by atoms with E-state index in [9.17, 15) is 10.1 Å². The maximum Gasteiger partial charge on any atom is 0.269 e. The molecular weight excluding hydrogens is 158 g/mol. The monoisotopic (exact) mass is 165 g/mol. The summed E-state index contributed by atoms with van der Waals surface area (Å²) in [5, 5.41) is 10.4. The fourth-order valence-corrected chi connectivity index (χ4v) is 1.08. The van der Waals surface area contributed by atoms with Gasteiger partial charge in [-0.3, -0.25) is 10.1 Å². The van der Waals surface area contributed by atoms with Gasteiger partial charge in [0.1, 0.15) is 6.10 Å². The van der Waals surface area contributed by atoms with E-state index in [0.29, 0.717) is 6.61 Å². The van der Waals surface area contributed by atoms with Gasteiger partial charge >= 0.3 is 0 Å². The molecule has 62 valence electrons. The normalized spacial score (nSPS) is 20.5. The molecule has 1 aliphatic heterocycles. The fourth-order valence-electron chi connectivity index (χ4n) is 1.08. The van der Waals surface area contributed by atoms with Crippen LogP contribution in [0.4, 0.5) is 5.69 Å². The number of non-ortho nitro benzene ring substituents is 1. The van der Waals surface area contributed by atoms with Crippen LogP contribution in [0.25, 0.3) is 0 Å². The first-order valence-corrected chi connectivity index (χ1v) is 3.63. The molecule has 1 saturated heterocycles. The molecule has 0 bridgehead atoms. The number of nitrogens with zero attached hydrogens (tertiary/aromatic N) is 1. The lowest BCUT2D eigenvalue weighted by molar-refractivity contribution is -0.384. The Kier molecular flexibility index (Phi) is 1.55. The summed E-state index contributed by atoms with van der Waals surface area (Å²) < 4.78 is 5.01. The third-order valence-electron chi connectivity index (χ3n) is 1.79. The average molecular weight is 165 g/mol. The zero-order valence-corrected chi connectivity index (χ0v) is 6.27. The number of benzene rings is 1. The molecule has 0 saturated carbocycles. The second-order valence-corrected chi connectivity index (χ2v) is 2.67. The molecule has 1 heterocycles. The maximum atomic E-state index is 10.4. The molecule has 0 spiro atoms. The minimum atomic E-state index is -0.397. The van der Waals surface area contributed by atoms with Gasteiger partial charge < -0.3 is 4.74 Å². The first-order valence-electron chi connectivity index (χ1n) is 3.63. The summed E-state index contributed by atoms with van der Waals surface area (Å²) >= 11 is 0. The summed E-state index contributed by atoms with van der Waals surface area (Å²) in [5.74, 6) is 0. The minimum Gasteiger partial charge on any atom is -0.368 e. The molecule has 1 aliphatic rings. The molecule has 12 heavy (non-hydrogen) atoms. The Morgan fingerprint density at radius 3 is 2.92 bits per heavy atom. The van der Waals surface area contributed by atoms with E-state index in [1.807, 2.05) is 6.07 Å². The van der Waals surface area contributed by atoms with Crippen LogP contribution in [0.2, 0.25) is 0 Å². The molecular formula is C8H7NO3. The van der Waals surface area contributed by atoms with E-state index in [1.165, 1.54) is 6.07 Å². The Bertz CT molecular complexity index is 320. The molecule has 0 aliphatic carbocycles. The average Bonchev–Trinajstić information content (AvgIpc) is 2.87. The molecule has 1 atom stereocenters. The maximum absolute atomic E-state index is 10.4. The van der Waals surface area contributed by atoms with Crippen LogP contribution in [0.5, 0.6) is 0 Å². The molecule has 1 aromatic carbocycles. The highest BCUT2D eigenvalue weighted by Crippen LogP contribution is 2.31. The Labute approximate surface area is 68.9 Å². The van der Waals surface area contributed by atoms with Crippen molar-refractivity contribution in [1.82, 2.24) is 0 Å². The molecule has 1 aromatic rings. The Morgan fingerprint density at radius 2 is 2.33 bits per heavy atom. The van der Waals surface area contributed by atoms with Gasteiger partial charge in [0.15, 0.2) is 0 Å². The predicted octanol–water partition coefficient (Wildman–Crippen LogP) is 1.67. The molecule has 4 nitrogen and oxygen atoms in total. The van der Waals surface area contributed by atoms with Crippen LogP contribution in [0.15, 0.2) is 24.3 Å². The van der Waals surface area contributed by atoms with Crippen molar-refractivity contribution >= 4 is 5.69 Å². The number of nitro groups is 1. The first kappa shape index (κ1) is 7.24. The van der Waals surface area contributed by atoms with Crippen molar-refractivity contribution in [3.05, 3.63) is 39.9 Å². The highest BCUT2D eigenvalue weighted by molar-refractivity contribution is 5.36. The van der Waals surface area contributed by atoms with Gasteiger partial charge in [-0.1, -0.05) is 12.1 Å². The summed E-state index contributed by atoms with van der Waals surface area (Å²) in [6.45, 7) is 0.682. The second-order valence-electron chi connectivity index (χ2n) is 2.67. The highest BCUT2D eigenvalue weighted by Gasteiger charge is 2.25. The van der Waals surface area contributed by atoms with Gasteiger partial charge in [0.2, 0.25) is 0 Å². The van der Waals surface area contributed by atoms with Crippen LogP contribution in [-0.4, -0.2) is 11.5 Å². The molecule has 0 aromatic heterocycles. The van der Waals surface area contributed by atoms with Crippen molar-refractivity contribution in [1.29, 1.82) is 0 Å². The molecule has 0 radical (unpaired) electrons. The van der Waals surface area contributed by atoms with Crippen molar-refractivity contribution in [2.75, 3.05) is 6.61 Å². The Hall–Kier alpha value is -1.42. The molecule has 0 amide bonds. The van der Waals surface area contributed by atoms with Crippen LogP contribution < -0.4 is 0 Å². The topological polar surface area (TPSA) is 55.7 Å². The predicted molar refractivity (Wildman–Crippen MR) is 41.8 cm³/mol. The van der Waals surface area contributed by atoms with Gasteiger partial charge in [-0.05, 0) is 5.56 Å². The van der Waals surface area contributed by atoms with Crippen molar-refractivity contribution in [2.45, 2.75) is 6.10 Å². The van der Waals surface area contributed by atoms with Crippen LogP contribution in [0.3, 0.4) is 0 Å². The van der Waals surface area contributed by atoms with E-state index in [-0.39, 0.29) is 11.8 Å². The molecule has 0 unspecified atom stereocenters. The lowest BCUT2D eigenvalue weighted by Crippen LogP contribution is -1.89. The summed E-state index contributed by atoms with van der Waals surface area (Å²) in [5.41, 5.74) is 1.02. The van der Waals surface area contributed by atoms with Gasteiger partial charge in [-0.25, -0.2) is 0 Å². The lowest BCUT2D eigenvalue weighted by atomic mass is 10.1. The SMILES string of the molecule is O=[N+]([O-])c1cccc([C@H]2CO2)c1. The van der Waals surface area contributed by atoms with E-state index < -0.39 is 4.92 Å². The van der Waals surface area contributed by atoms with E-state index in [2.05, 4.69) is 0 Å². The number of rotatable bonds is 2. The summed E-state index contributed by atoms with van der Waals surface area (Å²) in [7, 11) is 0. The first-order chi connectivity index (χ1) is 5.77. The van der Waals surface area contributed by atoms with Gasteiger partial charge in [0, 0.05) is 12.1 Å². The number of ether oxygens (including phenoxy) is 1. The molecule has 0 N–H and O–H groups in total. The van der Waals surface area contributed by atoms with E-state index in [4.69, 9.17) is 4.74 Å². The summed E-state index contributed by atoms with van der Waals surface area (Å²) in [6.07, 6.45) is 0.0879. The van der Waals surface area contributed by atoms with Crippen molar-refractivity contribution in [3.63, 3.8) is 0 Å². The van der Waals surface area contributed by atoms with E-state index in [0.717, 1.165) is 5.56 Å². The second kappa shape index (κ2) is 2.57. The highest BCUT2D eigenvalue weighted by atomic mass is 16.6. The smallest absolute Gasteiger partial charge is 0.269 e. The minimum absolute atomic E-state index is 0.0879. The van der Waals surface area contributed by atoms with Gasteiger partial charge in [0.25, 0.3) is 5.69 Å². The van der Waals surface area contributed by atoms with E-state index in [1.54, 1.807) is 12.1 Å². The lowest BCUT2D eigenvalue weighted by Gasteiger charge is -1.94. The van der Waals surface area contributed by atoms with Crippen LogP contribution in [0, 0.1) is 10.1 Å². The number of nitro benzene ring substituents is 1. The van der Waals surface area contributed by atoms with Gasteiger partial charge in [-0.15, -0.1) is 0 Å². The van der Waals surface area contributed by atoms with Crippen molar-refractivity contribution in [2.24, 2.45) is 0 Å². The standard InChI is InChI=1S/C8H7NO3/c10-9(11)7-3-1-2-6(4-7)8-5-12-8/h1-4,8H,5H2/t8-/m1/s1. The Morgan fingerprint density at radius 1 is 1.58 bits per heavy atom. The zero-order valence-electron chi connectivity index (χ0n) is 6.27. The third kappa shape index (κ3) is 1.29. The van der Waals surface area contributed by atoms with E-state index >= 15 is 0 Å². The van der Waals surface area contributed by atoms with Crippen LogP contribution >= 0.6 is 0 Å². The van der Waals surface area contributed by atoms with Crippen LogP contribution in [-0.2, 0) is 4.74 Å². The number of hydrogen-bond donors (Lipinski definition) is 0. The van der Waals surface area contributed by atoms with Crippen molar-refractivity contribution < 1.29 is 9.66 Å². The van der Waals surface area contributed by atoms with Gasteiger partial charge in [-0.2, -0.15) is 0 Å². The zero-order chi connectivity index (χ0) is 8.55. The number of epoxide rings is 1. The fraction of sp³-hybridized carbons (Fsp3) is 0.250. The third-order valence-corrected chi connectivity index (χ3v) is 1.79. The summed E-state index contributed by atoms with van der Waals surface area (Å²) in [6, 6.07) is 6.54. The molecule has 4 heteroatoms. The Balaban J connectivity index is 2.32. The molecule has 1 fully saturated rings. The molecule has 2 rings (SSSR count). The number of hydrogen-bond acceptors (Lipinski definition) is 3. The van der Waals surface area contributed by atoms with Gasteiger partial charge in [0.05, 0.1) is 11.5 Å². The quantitative estimate of drug-likeness (QED) is 0.380. The summed E-state index contributed by atoms with van der Waals surface area (Å²) in [4.78, 5) is 9.96. The van der Waals surface area contributed by atoms with Crippen molar-refractivity contribution in [3.8, 4) is 0 Å². The van der Waals surface area contributed by atoms with Crippen LogP contribution in [0.1, 0.15) is 11.7 Å². The largest absolute Gasteiger partial charge is 0.368 e.